The fraction of sp³-hybridized carbons (Fsp3) is 0.692. The van der Waals surface area contributed by atoms with E-state index in [9.17, 15) is 5.11 Å². The van der Waals surface area contributed by atoms with Crippen molar-refractivity contribution < 1.29 is 9.53 Å². The lowest BCUT2D eigenvalue weighted by molar-refractivity contribution is -0.0646. The van der Waals surface area contributed by atoms with Gasteiger partial charge in [0.1, 0.15) is 11.4 Å². The minimum atomic E-state index is -1.82. The van der Waals surface area contributed by atoms with Crippen molar-refractivity contribution in [2.45, 2.75) is 95.9 Å². The molecular formula is C26H38O2Si. The van der Waals surface area contributed by atoms with Crippen LogP contribution in [0, 0.1) is 29.6 Å². The van der Waals surface area contributed by atoms with Gasteiger partial charge in [0.2, 0.25) is 8.32 Å². The Morgan fingerprint density at radius 3 is 2.55 bits per heavy atom. The second-order valence-electron chi connectivity index (χ2n) is 11.6. The molecule has 29 heavy (non-hydrogen) atoms. The number of terminal acetylenes is 1. The predicted octanol–water partition coefficient (Wildman–Crippen LogP) is 6.29. The van der Waals surface area contributed by atoms with Gasteiger partial charge in [-0.2, -0.15) is 0 Å². The average molecular weight is 411 g/mol. The zero-order valence-corrected chi connectivity index (χ0v) is 20.1. The van der Waals surface area contributed by atoms with Gasteiger partial charge < -0.3 is 9.53 Å². The van der Waals surface area contributed by atoms with E-state index < -0.39 is 13.9 Å². The Kier molecular flexibility index (Phi) is 4.80. The Morgan fingerprint density at radius 1 is 1.17 bits per heavy atom. The minimum Gasteiger partial charge on any atom is -0.543 e. The molecule has 5 unspecified atom stereocenters. The van der Waals surface area contributed by atoms with Crippen LogP contribution in [0.15, 0.2) is 18.2 Å². The van der Waals surface area contributed by atoms with Crippen LogP contribution in [0.5, 0.6) is 5.75 Å². The third-order valence-electron chi connectivity index (χ3n) is 9.27. The smallest absolute Gasteiger partial charge is 0.250 e. The fourth-order valence-corrected chi connectivity index (χ4v) is 7.35. The van der Waals surface area contributed by atoms with Crippen molar-refractivity contribution in [3.63, 3.8) is 0 Å². The molecule has 0 spiro atoms. The summed E-state index contributed by atoms with van der Waals surface area (Å²) in [5.41, 5.74) is 1.98. The SMILES string of the molecule is C#CC1(O)CCC2C3CCc4cc(O[Si](C)(C)C(C)(C)C)ccc4C3CCC21C. The first-order chi connectivity index (χ1) is 13.4. The summed E-state index contributed by atoms with van der Waals surface area (Å²) in [4.78, 5) is 0. The summed E-state index contributed by atoms with van der Waals surface area (Å²) in [6.45, 7) is 13.8. The number of fused-ring (bicyclic) bond motifs is 5. The zero-order valence-electron chi connectivity index (χ0n) is 19.1. The van der Waals surface area contributed by atoms with Gasteiger partial charge in [-0.1, -0.05) is 39.7 Å². The lowest BCUT2D eigenvalue weighted by Crippen LogP contribution is -2.50. The number of hydrogen-bond donors (Lipinski definition) is 1. The van der Waals surface area contributed by atoms with E-state index in [0.717, 1.165) is 37.9 Å². The van der Waals surface area contributed by atoms with Crippen molar-refractivity contribution in [1.29, 1.82) is 0 Å². The Balaban J connectivity index is 1.60. The molecule has 3 aliphatic carbocycles. The van der Waals surface area contributed by atoms with Crippen molar-refractivity contribution in [3.05, 3.63) is 29.3 Å². The van der Waals surface area contributed by atoms with E-state index in [-0.39, 0.29) is 10.5 Å². The van der Waals surface area contributed by atoms with E-state index in [1.54, 1.807) is 0 Å². The molecule has 2 nitrogen and oxygen atoms in total. The van der Waals surface area contributed by atoms with Crippen LogP contribution in [-0.4, -0.2) is 19.0 Å². The van der Waals surface area contributed by atoms with E-state index in [0.29, 0.717) is 17.8 Å². The molecule has 0 amide bonds. The summed E-state index contributed by atoms with van der Waals surface area (Å²) in [5.74, 6) is 5.63. The maximum absolute atomic E-state index is 11.1. The Bertz CT molecular complexity index is 845. The van der Waals surface area contributed by atoms with E-state index in [4.69, 9.17) is 10.8 Å². The number of hydrogen-bond acceptors (Lipinski definition) is 2. The predicted molar refractivity (Wildman–Crippen MR) is 123 cm³/mol. The van der Waals surface area contributed by atoms with Crippen molar-refractivity contribution in [3.8, 4) is 18.1 Å². The van der Waals surface area contributed by atoms with Crippen LogP contribution >= 0.6 is 0 Å². The average Bonchev–Trinajstić information content (AvgIpc) is 2.92. The summed E-state index contributed by atoms with van der Waals surface area (Å²) in [7, 11) is -1.82. The highest BCUT2D eigenvalue weighted by molar-refractivity contribution is 6.74. The summed E-state index contributed by atoms with van der Waals surface area (Å²) in [5, 5.41) is 11.3. The van der Waals surface area contributed by atoms with Crippen LogP contribution < -0.4 is 4.43 Å². The normalized spacial score (nSPS) is 36.6. The van der Waals surface area contributed by atoms with Crippen molar-refractivity contribution in [1.82, 2.24) is 0 Å². The molecule has 4 rings (SSSR count). The van der Waals surface area contributed by atoms with Crippen LogP contribution in [0.3, 0.4) is 0 Å². The highest BCUT2D eigenvalue weighted by atomic mass is 28.4. The molecule has 5 atom stereocenters. The molecule has 0 heterocycles. The molecule has 1 aromatic rings. The Morgan fingerprint density at radius 2 is 1.90 bits per heavy atom. The Labute approximate surface area is 178 Å². The van der Waals surface area contributed by atoms with Gasteiger partial charge in [-0.05, 0) is 97.7 Å². The van der Waals surface area contributed by atoms with E-state index in [1.165, 1.54) is 17.5 Å². The lowest BCUT2D eigenvalue weighted by atomic mass is 9.53. The third kappa shape index (κ3) is 3.10. The van der Waals surface area contributed by atoms with Gasteiger partial charge in [0.25, 0.3) is 0 Å². The van der Waals surface area contributed by atoms with Gasteiger partial charge in [-0.25, -0.2) is 0 Å². The van der Waals surface area contributed by atoms with E-state index in [1.807, 2.05) is 0 Å². The monoisotopic (exact) mass is 410 g/mol. The molecule has 0 aromatic heterocycles. The number of rotatable bonds is 2. The summed E-state index contributed by atoms with van der Waals surface area (Å²) < 4.78 is 6.58. The molecule has 3 aliphatic rings. The highest BCUT2D eigenvalue weighted by Gasteiger charge is 2.61. The third-order valence-corrected chi connectivity index (χ3v) is 13.6. The Hall–Kier alpha value is -1.24. The van der Waals surface area contributed by atoms with Gasteiger partial charge >= 0.3 is 0 Å². The van der Waals surface area contributed by atoms with Crippen molar-refractivity contribution >= 4 is 8.32 Å². The van der Waals surface area contributed by atoms with Crippen LogP contribution in [-0.2, 0) is 6.42 Å². The van der Waals surface area contributed by atoms with Gasteiger partial charge in [-0.3, -0.25) is 0 Å². The maximum atomic E-state index is 11.1. The molecule has 1 N–H and O–H groups in total. The first-order valence-electron chi connectivity index (χ1n) is 11.4. The van der Waals surface area contributed by atoms with E-state index >= 15 is 0 Å². The van der Waals surface area contributed by atoms with Gasteiger partial charge in [0.05, 0.1) is 0 Å². The van der Waals surface area contributed by atoms with Gasteiger partial charge in [0, 0.05) is 5.41 Å². The van der Waals surface area contributed by atoms with Crippen molar-refractivity contribution in [2.75, 3.05) is 0 Å². The number of aliphatic hydroxyl groups is 1. The van der Waals surface area contributed by atoms with Crippen LogP contribution in [0.2, 0.25) is 18.1 Å². The summed E-state index contributed by atoms with van der Waals surface area (Å²) in [6.07, 6.45) is 12.1. The van der Waals surface area contributed by atoms with Gasteiger partial charge in [-0.15, -0.1) is 6.42 Å². The molecule has 2 saturated carbocycles. The summed E-state index contributed by atoms with van der Waals surface area (Å²) >= 11 is 0. The molecule has 0 saturated heterocycles. The van der Waals surface area contributed by atoms with E-state index in [2.05, 4.69) is 64.9 Å². The van der Waals surface area contributed by atoms with Crippen LogP contribution in [0.4, 0.5) is 0 Å². The maximum Gasteiger partial charge on any atom is 0.250 e. The first kappa shape index (κ1) is 21.0. The molecule has 1 aromatic carbocycles. The number of aryl methyl sites for hydroxylation is 1. The molecule has 3 heteroatoms. The second-order valence-corrected chi connectivity index (χ2v) is 16.4. The minimum absolute atomic E-state index is 0.119. The molecule has 0 bridgehead atoms. The van der Waals surface area contributed by atoms with Crippen LogP contribution in [0.1, 0.15) is 76.8 Å². The quantitative estimate of drug-likeness (QED) is 0.458. The number of benzene rings is 1. The molecule has 0 aliphatic heterocycles. The lowest BCUT2D eigenvalue weighted by Gasteiger charge is -2.52. The standard InChI is InChI=1S/C26H38O2Si/c1-8-26(27)16-14-23-22-11-9-18-17-19(28-29(6,7)24(2,3)4)10-12-20(18)21(22)13-15-25(23,26)5/h1,10,12,17,21-23,27H,9,11,13-16H2,2-7H3. The molecule has 158 valence electrons. The molecule has 0 radical (unpaired) electrons. The second kappa shape index (κ2) is 6.63. The molecular weight excluding hydrogens is 372 g/mol. The fourth-order valence-electron chi connectivity index (χ4n) is 6.32. The topological polar surface area (TPSA) is 29.5 Å². The first-order valence-corrected chi connectivity index (χ1v) is 14.3. The van der Waals surface area contributed by atoms with Gasteiger partial charge in [0.15, 0.2) is 0 Å². The van der Waals surface area contributed by atoms with Crippen molar-refractivity contribution in [2.24, 2.45) is 17.3 Å². The van der Waals surface area contributed by atoms with Crippen LogP contribution in [0.25, 0.3) is 0 Å². The highest BCUT2D eigenvalue weighted by Crippen LogP contribution is 2.64. The zero-order chi connectivity index (χ0) is 21.2. The largest absolute Gasteiger partial charge is 0.543 e. The molecule has 2 fully saturated rings. The summed E-state index contributed by atoms with van der Waals surface area (Å²) in [6, 6.07) is 6.88.